The van der Waals surface area contributed by atoms with Crippen LogP contribution >= 0.6 is 0 Å². The summed E-state index contributed by atoms with van der Waals surface area (Å²) in [5.74, 6) is 6.81. The molecule has 1 aromatic rings. The Morgan fingerprint density at radius 2 is 1.69 bits per heavy atom. The van der Waals surface area contributed by atoms with Crippen molar-refractivity contribution in [3.63, 3.8) is 0 Å². The number of amides is 1. The van der Waals surface area contributed by atoms with Gasteiger partial charge >= 0.3 is 6.09 Å². The van der Waals surface area contributed by atoms with Crippen LogP contribution in [0, 0.1) is 0 Å². The minimum absolute atomic E-state index is 0.0229. The summed E-state index contributed by atoms with van der Waals surface area (Å²) in [6, 6.07) is 7.97. The highest BCUT2D eigenvalue weighted by Crippen LogP contribution is 2.26. The Balaban J connectivity index is 0.00000114. The number of carbonyl (C=O) groups excluding carboxylic acids is 1. The molecule has 2 fully saturated rings. The summed E-state index contributed by atoms with van der Waals surface area (Å²) in [6.45, 7) is -0.227. The van der Waals surface area contributed by atoms with Gasteiger partial charge in [-0.1, -0.05) is 6.42 Å². The minimum atomic E-state index is -0.349. The van der Waals surface area contributed by atoms with Crippen molar-refractivity contribution in [1.82, 2.24) is 9.91 Å². The number of likely N-dealkylation sites (N-methyl/N-ethyl adjacent to an activating group) is 1. The molecule has 2 aliphatic carbocycles. The summed E-state index contributed by atoms with van der Waals surface area (Å²) in [7, 11) is 3.46. The highest BCUT2D eigenvalue weighted by Gasteiger charge is 2.27. The zero-order chi connectivity index (χ0) is 23.5. The van der Waals surface area contributed by atoms with Gasteiger partial charge in [-0.25, -0.2) is 10.6 Å². The molecule has 0 spiro atoms. The fourth-order valence-electron chi connectivity index (χ4n) is 3.78. The maximum absolute atomic E-state index is 12.3. The van der Waals surface area contributed by atoms with Gasteiger partial charge in [0.2, 0.25) is 0 Å². The van der Waals surface area contributed by atoms with Crippen LogP contribution in [0.5, 0.6) is 5.75 Å². The molecule has 9 nitrogen and oxygen atoms in total. The molecule has 1 aromatic carbocycles. The molecule has 0 aliphatic heterocycles. The van der Waals surface area contributed by atoms with E-state index in [4.69, 9.17) is 31.0 Å². The number of benzene rings is 1. The largest absolute Gasteiger partial charge is 0.490 e. The molecule has 9 heteroatoms. The number of rotatable bonds is 7. The lowest BCUT2D eigenvalue weighted by atomic mass is 9.92. The molecule has 178 valence electrons. The van der Waals surface area contributed by atoms with Crippen molar-refractivity contribution in [3.8, 4) is 5.75 Å². The third-order valence-corrected chi connectivity index (χ3v) is 6.00. The first-order valence-electron chi connectivity index (χ1n) is 11.1. The average molecular weight is 449 g/mol. The second kappa shape index (κ2) is 12.8. The molecule has 5 N–H and O–H groups in total. The molecule has 0 radical (unpaired) electrons. The average Bonchev–Trinajstić information content (AvgIpc) is 2.74. The highest BCUT2D eigenvalue weighted by molar-refractivity contribution is 5.70. The van der Waals surface area contributed by atoms with Crippen molar-refractivity contribution in [2.24, 2.45) is 11.6 Å². The van der Waals surface area contributed by atoms with E-state index in [1.165, 1.54) is 24.3 Å². The Kier molecular flexibility index (Phi) is 10.1. The third kappa shape index (κ3) is 7.33. The van der Waals surface area contributed by atoms with Crippen LogP contribution in [0.4, 0.5) is 4.79 Å². The Morgan fingerprint density at radius 3 is 2.19 bits per heavy atom. The molecule has 0 saturated heterocycles. The van der Waals surface area contributed by atoms with Gasteiger partial charge in [0, 0.05) is 20.1 Å². The van der Waals surface area contributed by atoms with Crippen molar-refractivity contribution in [1.29, 1.82) is 0 Å². The predicted molar refractivity (Wildman–Crippen MR) is 122 cm³/mol. The van der Waals surface area contributed by atoms with Crippen LogP contribution in [0.15, 0.2) is 30.0 Å². The normalized spacial score (nSPS) is 17.1. The number of nitrogens with zero attached hydrogens (tertiary/aromatic N) is 2. The van der Waals surface area contributed by atoms with E-state index in [-0.39, 0.29) is 25.2 Å². The van der Waals surface area contributed by atoms with E-state index >= 15 is 0 Å². The van der Waals surface area contributed by atoms with Crippen LogP contribution < -0.4 is 16.3 Å². The zero-order valence-electron chi connectivity index (χ0n) is 19.0. The summed E-state index contributed by atoms with van der Waals surface area (Å²) in [6.07, 6.45) is 9.18. The first kappa shape index (κ1) is 25.3. The first-order chi connectivity index (χ1) is 15.4. The third-order valence-electron chi connectivity index (χ3n) is 6.00. The van der Waals surface area contributed by atoms with Crippen molar-refractivity contribution in [3.05, 3.63) is 35.5 Å². The van der Waals surface area contributed by atoms with Gasteiger partial charge in [0.05, 0.1) is 17.5 Å². The Bertz CT molecular complexity index is 756. The van der Waals surface area contributed by atoms with E-state index in [0.29, 0.717) is 17.5 Å². The summed E-state index contributed by atoms with van der Waals surface area (Å²) in [5.41, 5.74) is 8.20. The number of ether oxygens (including phenoxy) is 2. The molecule has 0 atom stereocenters. The van der Waals surface area contributed by atoms with Gasteiger partial charge in [-0.3, -0.25) is 4.79 Å². The van der Waals surface area contributed by atoms with Gasteiger partial charge in [0.15, 0.2) is 0 Å². The van der Waals surface area contributed by atoms with Crippen LogP contribution in [0.1, 0.15) is 56.9 Å². The quantitative estimate of drug-likeness (QED) is 0.329. The maximum Gasteiger partial charge on any atom is 0.410 e. The molecular weight excluding hydrogens is 412 g/mol. The number of hydrogen-bond donors (Lipinski definition) is 3. The van der Waals surface area contributed by atoms with Crippen LogP contribution in [0.3, 0.4) is 0 Å². The van der Waals surface area contributed by atoms with Gasteiger partial charge in [0.25, 0.3) is 6.47 Å². The second-order valence-electron chi connectivity index (χ2n) is 8.23. The van der Waals surface area contributed by atoms with Crippen LogP contribution in [-0.4, -0.2) is 60.4 Å². The van der Waals surface area contributed by atoms with Gasteiger partial charge in [-0.15, -0.1) is 0 Å². The number of carbonyl (C=O) groups is 2. The van der Waals surface area contributed by atoms with E-state index in [2.05, 4.69) is 0 Å². The predicted octanol–water partition coefficient (Wildman–Crippen LogP) is 3.15. The van der Waals surface area contributed by atoms with E-state index in [9.17, 15) is 4.79 Å². The monoisotopic (exact) mass is 448 g/mol. The standard InChI is InChI=1S/C22H34N4O3.CH2O2/c1-25(17-7-6-8-17)22(27)28-15-20(26(2)24)21(23)16-11-13-19(14-12-16)29-18-9-4-3-5-10-18;2-1-3/h11-14,17-18H,3-10,15,23-24H2,1-2H3;1H,(H,2,3)/b21-20-;. The SMILES string of the molecule is CN(N)/C(COC(=O)N(C)C1CCC1)=C(\N)c1ccc(OC2CCCCC2)cc1.O=CO. The Morgan fingerprint density at radius 1 is 1.09 bits per heavy atom. The van der Waals surface area contributed by atoms with Crippen molar-refractivity contribution in [2.45, 2.75) is 63.5 Å². The van der Waals surface area contributed by atoms with E-state index in [1.54, 1.807) is 19.0 Å². The van der Waals surface area contributed by atoms with Gasteiger partial charge in [0.1, 0.15) is 12.4 Å². The van der Waals surface area contributed by atoms with E-state index < -0.39 is 0 Å². The number of hydrogen-bond acceptors (Lipinski definition) is 7. The zero-order valence-corrected chi connectivity index (χ0v) is 19.0. The number of nitrogens with two attached hydrogens (primary N) is 2. The lowest BCUT2D eigenvalue weighted by Gasteiger charge is -2.34. The second-order valence-corrected chi connectivity index (χ2v) is 8.23. The smallest absolute Gasteiger partial charge is 0.410 e. The van der Waals surface area contributed by atoms with Crippen molar-refractivity contribution >= 4 is 18.3 Å². The topological polar surface area (TPSA) is 131 Å². The molecule has 2 aliphatic rings. The van der Waals surface area contributed by atoms with Crippen molar-refractivity contribution < 1.29 is 24.2 Å². The van der Waals surface area contributed by atoms with Gasteiger partial charge in [-0.2, -0.15) is 0 Å². The van der Waals surface area contributed by atoms with Crippen LogP contribution in [0.2, 0.25) is 0 Å². The molecule has 0 aromatic heterocycles. The van der Waals surface area contributed by atoms with Crippen molar-refractivity contribution in [2.75, 3.05) is 20.7 Å². The van der Waals surface area contributed by atoms with E-state index in [0.717, 1.165) is 43.4 Å². The molecule has 3 rings (SSSR count). The van der Waals surface area contributed by atoms with Gasteiger partial charge < -0.3 is 30.2 Å². The van der Waals surface area contributed by atoms with Crippen LogP contribution in [-0.2, 0) is 9.53 Å². The molecule has 32 heavy (non-hydrogen) atoms. The summed E-state index contributed by atoms with van der Waals surface area (Å²) < 4.78 is 11.5. The lowest BCUT2D eigenvalue weighted by molar-refractivity contribution is -0.122. The fourth-order valence-corrected chi connectivity index (χ4v) is 3.78. The summed E-state index contributed by atoms with van der Waals surface area (Å²) in [5, 5.41) is 8.29. The molecule has 2 saturated carbocycles. The first-order valence-corrected chi connectivity index (χ1v) is 11.1. The summed E-state index contributed by atoms with van der Waals surface area (Å²) >= 11 is 0. The Hall–Kier alpha value is -2.94. The maximum atomic E-state index is 12.3. The molecule has 0 bridgehead atoms. The van der Waals surface area contributed by atoms with Crippen LogP contribution in [0.25, 0.3) is 5.70 Å². The summed E-state index contributed by atoms with van der Waals surface area (Å²) in [4.78, 5) is 22.3. The molecule has 0 unspecified atom stereocenters. The molecule has 0 heterocycles. The highest BCUT2D eigenvalue weighted by atomic mass is 16.6. The molecular formula is C23H36N4O5. The molecule has 1 amide bonds. The lowest BCUT2D eigenvalue weighted by Crippen LogP contribution is -2.42. The van der Waals surface area contributed by atoms with E-state index in [1.807, 2.05) is 24.3 Å². The fraction of sp³-hybridized carbons (Fsp3) is 0.565. The number of hydrazine groups is 1. The number of carboxylic acid groups (broad SMARTS) is 1. The minimum Gasteiger partial charge on any atom is -0.490 e. The Labute approximate surface area is 189 Å². The van der Waals surface area contributed by atoms with Gasteiger partial charge in [-0.05, 0) is 74.8 Å².